The molecular weight excluding hydrogens is 398 g/mol. The van der Waals surface area contributed by atoms with Crippen molar-refractivity contribution in [1.82, 2.24) is 9.55 Å². The van der Waals surface area contributed by atoms with Crippen LogP contribution in [0, 0.1) is 5.92 Å². The van der Waals surface area contributed by atoms with Gasteiger partial charge in [0.25, 0.3) is 5.56 Å². The average molecular weight is 426 g/mol. The number of aromatic nitrogens is 2. The lowest BCUT2D eigenvalue weighted by Crippen LogP contribution is -2.39. The maximum absolute atomic E-state index is 12.6. The van der Waals surface area contributed by atoms with Gasteiger partial charge in [-0.15, -0.1) is 12.4 Å². The van der Waals surface area contributed by atoms with Crippen LogP contribution < -0.4 is 27.6 Å². The molecule has 5 N–H and O–H groups in total. The molecule has 10 heteroatoms. The Morgan fingerprint density at radius 2 is 1.90 bits per heavy atom. The highest BCUT2D eigenvalue weighted by Gasteiger charge is 2.22. The van der Waals surface area contributed by atoms with E-state index in [2.05, 4.69) is 15.6 Å². The molecule has 1 amide bonds. The number of nitrogens with two attached hydrogens (primary N) is 1. The summed E-state index contributed by atoms with van der Waals surface area (Å²) in [5.74, 6) is -0.791. The van der Waals surface area contributed by atoms with Crippen LogP contribution in [0.4, 0.5) is 11.5 Å². The summed E-state index contributed by atoms with van der Waals surface area (Å²) in [5, 5.41) is 5.72. The molecule has 2 rings (SSSR count). The zero-order valence-corrected chi connectivity index (χ0v) is 17.5. The summed E-state index contributed by atoms with van der Waals surface area (Å²) in [6.07, 6.45) is 0. The number of aromatic amines is 1. The number of ether oxygens (including phenoxy) is 1. The minimum absolute atomic E-state index is 0. The van der Waals surface area contributed by atoms with Crippen LogP contribution in [-0.4, -0.2) is 35.2 Å². The van der Waals surface area contributed by atoms with Gasteiger partial charge < -0.3 is 21.1 Å². The second-order valence-electron chi connectivity index (χ2n) is 6.60. The summed E-state index contributed by atoms with van der Waals surface area (Å²) in [4.78, 5) is 39.6. The van der Waals surface area contributed by atoms with Crippen molar-refractivity contribution >= 4 is 29.8 Å². The quantitative estimate of drug-likeness (QED) is 0.476. The van der Waals surface area contributed by atoms with E-state index in [1.807, 2.05) is 30.3 Å². The van der Waals surface area contributed by atoms with Gasteiger partial charge in [0.2, 0.25) is 5.91 Å². The summed E-state index contributed by atoms with van der Waals surface area (Å²) >= 11 is 0. The Labute approximate surface area is 175 Å². The van der Waals surface area contributed by atoms with Gasteiger partial charge in [0.1, 0.15) is 11.5 Å². The van der Waals surface area contributed by atoms with Crippen LogP contribution in [0.2, 0.25) is 0 Å². The third-order valence-corrected chi connectivity index (χ3v) is 4.47. The van der Waals surface area contributed by atoms with Gasteiger partial charge in [0.05, 0.1) is 19.1 Å². The summed E-state index contributed by atoms with van der Waals surface area (Å²) in [5.41, 5.74) is 5.61. The van der Waals surface area contributed by atoms with Crippen LogP contribution >= 0.6 is 12.4 Å². The molecule has 0 aliphatic rings. The van der Waals surface area contributed by atoms with Crippen molar-refractivity contribution < 1.29 is 9.53 Å². The van der Waals surface area contributed by atoms with E-state index in [-0.39, 0.29) is 49.0 Å². The van der Waals surface area contributed by atoms with Crippen LogP contribution in [0.1, 0.15) is 19.4 Å². The number of benzene rings is 1. The SMILES string of the molecule is COCCn1c(NC(=O)C(C)C(C)N)c(NCc2ccccc2)c(=O)[nH]c1=O.Cl. The molecule has 9 nitrogen and oxygen atoms in total. The Bertz CT molecular complexity index is 911. The molecule has 1 aromatic heterocycles. The monoisotopic (exact) mass is 425 g/mol. The second kappa shape index (κ2) is 11.4. The molecular formula is C19H28ClN5O4. The first-order chi connectivity index (χ1) is 13.3. The van der Waals surface area contributed by atoms with E-state index in [4.69, 9.17) is 10.5 Å². The van der Waals surface area contributed by atoms with E-state index in [9.17, 15) is 14.4 Å². The van der Waals surface area contributed by atoms with Gasteiger partial charge in [-0.05, 0) is 12.5 Å². The molecule has 2 unspecified atom stereocenters. The van der Waals surface area contributed by atoms with E-state index in [0.717, 1.165) is 5.56 Å². The number of rotatable bonds is 9. The Kier molecular flexibility index (Phi) is 9.60. The number of H-pyrrole nitrogens is 1. The fourth-order valence-corrected chi connectivity index (χ4v) is 2.52. The third kappa shape index (κ3) is 6.45. The molecule has 0 aliphatic carbocycles. The number of carbonyl (C=O) groups is 1. The average Bonchev–Trinajstić information content (AvgIpc) is 2.67. The van der Waals surface area contributed by atoms with Crippen molar-refractivity contribution in [3.63, 3.8) is 0 Å². The standard InChI is InChI=1S/C19H27N5O4.ClH/c1-12(13(2)20)17(25)22-16-15(21-11-14-7-5-4-6-8-14)18(26)23-19(27)24(16)9-10-28-3;/h4-8,12-13,21H,9-11,20H2,1-3H3,(H,22,25)(H,23,26,27);1H. The number of nitrogens with one attached hydrogen (secondary N) is 3. The number of anilines is 2. The van der Waals surface area contributed by atoms with E-state index in [1.165, 1.54) is 11.7 Å². The lowest BCUT2D eigenvalue weighted by Gasteiger charge is -2.20. The Hall–Kier alpha value is -2.62. The highest BCUT2D eigenvalue weighted by molar-refractivity contribution is 5.94. The van der Waals surface area contributed by atoms with E-state index < -0.39 is 17.2 Å². The van der Waals surface area contributed by atoms with Crippen LogP contribution in [0.3, 0.4) is 0 Å². The summed E-state index contributed by atoms with van der Waals surface area (Å²) in [6.45, 7) is 4.14. The molecule has 0 radical (unpaired) electrons. The first-order valence-electron chi connectivity index (χ1n) is 9.05. The predicted molar refractivity (Wildman–Crippen MR) is 116 cm³/mol. The van der Waals surface area contributed by atoms with Crippen molar-refractivity contribution in [2.24, 2.45) is 11.7 Å². The molecule has 2 aromatic rings. The first kappa shape index (κ1) is 24.4. The molecule has 0 saturated heterocycles. The number of carbonyl (C=O) groups excluding carboxylic acids is 1. The number of hydrogen-bond donors (Lipinski definition) is 4. The van der Waals surface area contributed by atoms with Crippen LogP contribution in [0.15, 0.2) is 39.9 Å². The Balaban J connectivity index is 0.00000420. The minimum atomic E-state index is -0.629. The topological polar surface area (TPSA) is 131 Å². The van der Waals surface area contributed by atoms with Crippen molar-refractivity contribution in [2.75, 3.05) is 24.4 Å². The molecule has 0 spiro atoms. The molecule has 0 saturated carbocycles. The Morgan fingerprint density at radius 1 is 1.24 bits per heavy atom. The van der Waals surface area contributed by atoms with Crippen LogP contribution in [-0.2, 0) is 22.6 Å². The molecule has 2 atom stereocenters. The highest BCUT2D eigenvalue weighted by Crippen LogP contribution is 2.18. The maximum Gasteiger partial charge on any atom is 0.330 e. The maximum atomic E-state index is 12.6. The van der Waals surface area contributed by atoms with Crippen LogP contribution in [0.5, 0.6) is 0 Å². The lowest BCUT2D eigenvalue weighted by atomic mass is 10.0. The van der Waals surface area contributed by atoms with Crippen molar-refractivity contribution in [2.45, 2.75) is 33.0 Å². The minimum Gasteiger partial charge on any atom is -0.383 e. The Morgan fingerprint density at radius 3 is 2.48 bits per heavy atom. The van der Waals surface area contributed by atoms with Gasteiger partial charge in [0, 0.05) is 19.7 Å². The smallest absolute Gasteiger partial charge is 0.330 e. The van der Waals surface area contributed by atoms with Crippen molar-refractivity contribution in [3.05, 3.63) is 56.7 Å². The summed E-state index contributed by atoms with van der Waals surface area (Å²) in [7, 11) is 1.50. The zero-order chi connectivity index (χ0) is 20.7. The third-order valence-electron chi connectivity index (χ3n) is 4.47. The zero-order valence-electron chi connectivity index (χ0n) is 16.7. The number of halogens is 1. The van der Waals surface area contributed by atoms with E-state index >= 15 is 0 Å². The van der Waals surface area contributed by atoms with Gasteiger partial charge in [-0.2, -0.15) is 0 Å². The first-order valence-corrected chi connectivity index (χ1v) is 9.05. The van der Waals surface area contributed by atoms with Gasteiger partial charge in [-0.1, -0.05) is 37.3 Å². The van der Waals surface area contributed by atoms with Crippen molar-refractivity contribution in [1.29, 1.82) is 0 Å². The molecule has 29 heavy (non-hydrogen) atoms. The molecule has 1 heterocycles. The number of nitrogens with zero attached hydrogens (tertiary/aromatic N) is 1. The van der Waals surface area contributed by atoms with Gasteiger partial charge in [0.15, 0.2) is 0 Å². The van der Waals surface area contributed by atoms with Gasteiger partial charge >= 0.3 is 5.69 Å². The molecule has 0 bridgehead atoms. The molecule has 0 fully saturated rings. The summed E-state index contributed by atoms with van der Waals surface area (Å²) < 4.78 is 6.31. The second-order valence-corrected chi connectivity index (χ2v) is 6.60. The lowest BCUT2D eigenvalue weighted by molar-refractivity contribution is -0.119. The van der Waals surface area contributed by atoms with Crippen molar-refractivity contribution in [3.8, 4) is 0 Å². The molecule has 0 aliphatic heterocycles. The van der Waals surface area contributed by atoms with E-state index in [1.54, 1.807) is 13.8 Å². The predicted octanol–water partition coefficient (Wildman–Crippen LogP) is 1.14. The molecule has 160 valence electrons. The fraction of sp³-hybridized carbons (Fsp3) is 0.421. The molecule has 1 aromatic carbocycles. The number of hydrogen-bond acceptors (Lipinski definition) is 6. The normalized spacial score (nSPS) is 12.6. The highest BCUT2D eigenvalue weighted by atomic mass is 35.5. The number of methoxy groups -OCH3 is 1. The summed E-state index contributed by atoms with van der Waals surface area (Å²) in [6, 6.07) is 9.07. The van der Waals surface area contributed by atoms with Gasteiger partial charge in [-0.25, -0.2) is 4.79 Å². The fourth-order valence-electron chi connectivity index (χ4n) is 2.52. The largest absolute Gasteiger partial charge is 0.383 e. The number of amides is 1. The van der Waals surface area contributed by atoms with Gasteiger partial charge in [-0.3, -0.25) is 19.1 Å². The van der Waals surface area contributed by atoms with Crippen LogP contribution in [0.25, 0.3) is 0 Å². The van der Waals surface area contributed by atoms with E-state index in [0.29, 0.717) is 6.54 Å².